The summed E-state index contributed by atoms with van der Waals surface area (Å²) in [6.07, 6.45) is 1.29. The van der Waals surface area contributed by atoms with E-state index >= 15 is 0 Å². The molecule has 6 nitrogen and oxygen atoms in total. The molecule has 0 spiro atoms. The van der Waals surface area contributed by atoms with Gasteiger partial charge in [0, 0.05) is 45.0 Å². The fourth-order valence-electron chi connectivity index (χ4n) is 3.30. The summed E-state index contributed by atoms with van der Waals surface area (Å²) < 4.78 is 19.7. The Bertz CT molecular complexity index is 700. The quantitative estimate of drug-likeness (QED) is 0.847. The van der Waals surface area contributed by atoms with Crippen molar-refractivity contribution < 1.29 is 9.13 Å². The van der Waals surface area contributed by atoms with Crippen LogP contribution >= 0.6 is 0 Å². The highest BCUT2D eigenvalue weighted by atomic mass is 19.1. The summed E-state index contributed by atoms with van der Waals surface area (Å²) in [5.41, 5.74) is 1.21. The van der Waals surface area contributed by atoms with E-state index in [-0.39, 0.29) is 5.82 Å². The molecule has 0 unspecified atom stereocenters. The lowest BCUT2D eigenvalue weighted by Gasteiger charge is -2.37. The molecule has 0 saturated carbocycles. The van der Waals surface area contributed by atoms with Crippen LogP contribution in [0.25, 0.3) is 0 Å². The summed E-state index contributed by atoms with van der Waals surface area (Å²) in [5.74, 6) is 0.638. The summed E-state index contributed by atoms with van der Waals surface area (Å²) in [7, 11) is 0. The summed E-state index contributed by atoms with van der Waals surface area (Å²) in [5, 5.41) is 0. The molecule has 7 heteroatoms. The van der Waals surface area contributed by atoms with Crippen molar-refractivity contribution in [3.8, 4) is 0 Å². The zero-order chi connectivity index (χ0) is 17.1. The first-order valence-corrected chi connectivity index (χ1v) is 8.71. The number of piperazine rings is 1. The standard InChI is InChI=1S/C18H22FN5O/c19-16-14-20-18(24-10-12-25-13-11-24)21-17(16)23-8-6-22(7-9-23)15-4-2-1-3-5-15/h1-5,14H,6-13H2. The number of ether oxygens (including phenoxy) is 1. The first-order valence-electron chi connectivity index (χ1n) is 8.71. The number of hydrogen-bond acceptors (Lipinski definition) is 6. The van der Waals surface area contributed by atoms with Crippen LogP contribution < -0.4 is 14.7 Å². The number of morpholine rings is 1. The van der Waals surface area contributed by atoms with E-state index in [4.69, 9.17) is 4.74 Å². The lowest BCUT2D eigenvalue weighted by Crippen LogP contribution is -2.47. The second-order valence-electron chi connectivity index (χ2n) is 6.25. The van der Waals surface area contributed by atoms with E-state index in [1.54, 1.807) is 0 Å². The van der Waals surface area contributed by atoms with E-state index in [1.807, 2.05) is 28.0 Å². The largest absolute Gasteiger partial charge is 0.378 e. The lowest BCUT2D eigenvalue weighted by molar-refractivity contribution is 0.122. The SMILES string of the molecule is Fc1cnc(N2CCOCC2)nc1N1CCN(c2ccccc2)CC1. The zero-order valence-electron chi connectivity index (χ0n) is 14.1. The van der Waals surface area contributed by atoms with E-state index in [1.165, 1.54) is 11.9 Å². The molecule has 0 radical (unpaired) electrons. The number of hydrogen-bond donors (Lipinski definition) is 0. The molecule has 0 bridgehead atoms. The third-order valence-electron chi connectivity index (χ3n) is 4.71. The first-order chi connectivity index (χ1) is 12.3. The van der Waals surface area contributed by atoms with Crippen LogP contribution in [0.1, 0.15) is 0 Å². The van der Waals surface area contributed by atoms with Crippen molar-refractivity contribution in [1.82, 2.24) is 9.97 Å². The summed E-state index contributed by atoms with van der Waals surface area (Å²) in [6.45, 7) is 5.98. The van der Waals surface area contributed by atoms with Crippen molar-refractivity contribution in [2.75, 3.05) is 67.2 Å². The summed E-state index contributed by atoms with van der Waals surface area (Å²) >= 11 is 0. The van der Waals surface area contributed by atoms with Gasteiger partial charge < -0.3 is 19.4 Å². The number of aromatic nitrogens is 2. The van der Waals surface area contributed by atoms with Crippen molar-refractivity contribution in [1.29, 1.82) is 0 Å². The molecule has 2 aliphatic rings. The predicted octanol–water partition coefficient (Wildman–Crippen LogP) is 1.78. The second-order valence-corrected chi connectivity index (χ2v) is 6.25. The van der Waals surface area contributed by atoms with Crippen molar-refractivity contribution in [2.24, 2.45) is 0 Å². The van der Waals surface area contributed by atoms with Crippen LogP contribution in [-0.2, 0) is 4.74 Å². The minimum absolute atomic E-state index is 0.356. The van der Waals surface area contributed by atoms with Crippen molar-refractivity contribution in [3.63, 3.8) is 0 Å². The van der Waals surface area contributed by atoms with Gasteiger partial charge in [-0.25, -0.2) is 9.37 Å². The van der Waals surface area contributed by atoms with E-state index in [0.29, 0.717) is 25.0 Å². The minimum atomic E-state index is -0.356. The second kappa shape index (κ2) is 7.23. The van der Waals surface area contributed by atoms with Crippen molar-refractivity contribution in [3.05, 3.63) is 42.3 Å². The van der Waals surface area contributed by atoms with Crippen LogP contribution in [0, 0.1) is 5.82 Å². The molecule has 4 rings (SSSR count). The Morgan fingerprint density at radius 1 is 0.840 bits per heavy atom. The van der Waals surface area contributed by atoms with Crippen molar-refractivity contribution in [2.45, 2.75) is 0 Å². The molecule has 0 atom stereocenters. The number of halogens is 1. The van der Waals surface area contributed by atoms with Gasteiger partial charge in [0.1, 0.15) is 0 Å². The molecule has 132 valence electrons. The number of rotatable bonds is 3. The maximum absolute atomic E-state index is 14.3. The molecule has 2 aromatic rings. The van der Waals surface area contributed by atoms with Crippen LogP contribution in [0.3, 0.4) is 0 Å². The fraction of sp³-hybridized carbons (Fsp3) is 0.444. The van der Waals surface area contributed by atoms with Crippen LogP contribution in [0.5, 0.6) is 0 Å². The molecule has 1 aromatic carbocycles. The van der Waals surface area contributed by atoms with Crippen LogP contribution in [0.15, 0.2) is 36.5 Å². The van der Waals surface area contributed by atoms with E-state index in [2.05, 4.69) is 27.0 Å². The molecule has 2 fully saturated rings. The highest BCUT2D eigenvalue weighted by Crippen LogP contribution is 2.23. The smallest absolute Gasteiger partial charge is 0.227 e. The Hall–Kier alpha value is -2.41. The third-order valence-corrected chi connectivity index (χ3v) is 4.71. The van der Waals surface area contributed by atoms with E-state index in [9.17, 15) is 4.39 Å². The highest BCUT2D eigenvalue weighted by Gasteiger charge is 2.23. The lowest BCUT2D eigenvalue weighted by atomic mass is 10.2. The zero-order valence-corrected chi connectivity index (χ0v) is 14.1. The number of para-hydroxylation sites is 1. The van der Waals surface area contributed by atoms with Gasteiger partial charge in [0.25, 0.3) is 0 Å². The molecule has 0 N–H and O–H groups in total. The monoisotopic (exact) mass is 343 g/mol. The topological polar surface area (TPSA) is 44.7 Å². The van der Waals surface area contributed by atoms with Gasteiger partial charge in [0.05, 0.1) is 19.4 Å². The van der Waals surface area contributed by atoms with Gasteiger partial charge in [-0.1, -0.05) is 18.2 Å². The van der Waals surface area contributed by atoms with Gasteiger partial charge in [-0.3, -0.25) is 0 Å². The van der Waals surface area contributed by atoms with Gasteiger partial charge >= 0.3 is 0 Å². The Balaban J connectivity index is 1.47. The molecule has 0 aliphatic carbocycles. The van der Waals surface area contributed by atoms with Gasteiger partial charge in [-0.15, -0.1) is 0 Å². The highest BCUT2D eigenvalue weighted by molar-refractivity contribution is 5.50. The van der Waals surface area contributed by atoms with Gasteiger partial charge in [-0.2, -0.15) is 4.98 Å². The first kappa shape index (κ1) is 16.1. The summed E-state index contributed by atoms with van der Waals surface area (Å²) in [4.78, 5) is 15.1. The molecular weight excluding hydrogens is 321 g/mol. The Morgan fingerprint density at radius 3 is 2.24 bits per heavy atom. The van der Waals surface area contributed by atoms with E-state index < -0.39 is 0 Å². The van der Waals surface area contributed by atoms with Gasteiger partial charge in [-0.05, 0) is 12.1 Å². The summed E-state index contributed by atoms with van der Waals surface area (Å²) in [6, 6.07) is 10.3. The van der Waals surface area contributed by atoms with Gasteiger partial charge in [0.15, 0.2) is 11.6 Å². The fourth-order valence-corrected chi connectivity index (χ4v) is 3.30. The Morgan fingerprint density at radius 2 is 1.52 bits per heavy atom. The number of nitrogens with zero attached hydrogens (tertiary/aromatic N) is 5. The Kier molecular flexibility index (Phi) is 4.65. The molecule has 2 saturated heterocycles. The normalized spacial score (nSPS) is 18.5. The van der Waals surface area contributed by atoms with Crippen LogP contribution in [-0.4, -0.2) is 62.5 Å². The molecular formula is C18H22FN5O. The third kappa shape index (κ3) is 3.51. The predicted molar refractivity (Wildman–Crippen MR) is 95.9 cm³/mol. The van der Waals surface area contributed by atoms with Gasteiger partial charge in [0.2, 0.25) is 5.95 Å². The van der Waals surface area contributed by atoms with Crippen LogP contribution in [0.4, 0.5) is 21.8 Å². The van der Waals surface area contributed by atoms with Crippen LogP contribution in [0.2, 0.25) is 0 Å². The maximum Gasteiger partial charge on any atom is 0.227 e. The molecule has 2 aliphatic heterocycles. The average molecular weight is 343 g/mol. The van der Waals surface area contributed by atoms with E-state index in [0.717, 1.165) is 39.3 Å². The molecule has 1 aromatic heterocycles. The number of benzene rings is 1. The maximum atomic E-state index is 14.3. The Labute approximate surface area is 146 Å². The molecule has 3 heterocycles. The number of anilines is 3. The molecule has 25 heavy (non-hydrogen) atoms. The average Bonchev–Trinajstić information content (AvgIpc) is 2.70. The molecule has 0 amide bonds. The van der Waals surface area contributed by atoms with Crippen molar-refractivity contribution >= 4 is 17.5 Å². The minimum Gasteiger partial charge on any atom is -0.378 e.